The van der Waals surface area contributed by atoms with E-state index in [4.69, 9.17) is 28.0 Å². The fraction of sp³-hybridized carbons (Fsp3) is 0.458. The first-order chi connectivity index (χ1) is 36.2. The Morgan fingerprint density at radius 3 is 1.17 bits per heavy atom. The zero-order chi connectivity index (χ0) is 57.9. The zero-order valence-corrected chi connectivity index (χ0v) is 42.3. The maximum atomic E-state index is 13.9. The summed E-state index contributed by atoms with van der Waals surface area (Å²) in [5.41, 5.74) is 26.2. The lowest BCUT2D eigenvalue weighted by Gasteiger charge is -2.27. The third kappa shape index (κ3) is 23.9. The molecule has 0 aliphatic carbocycles. The van der Waals surface area contributed by atoms with Gasteiger partial charge in [0.2, 0.25) is 65.0 Å². The summed E-state index contributed by atoms with van der Waals surface area (Å²) in [4.78, 5) is 180. The van der Waals surface area contributed by atoms with Gasteiger partial charge in [0.15, 0.2) is 6.04 Å². The summed E-state index contributed by atoms with van der Waals surface area (Å²) in [5, 5.41) is 37.5. The van der Waals surface area contributed by atoms with Crippen LogP contribution >= 0.6 is 0 Å². The maximum absolute atomic E-state index is 13.9. The van der Waals surface area contributed by atoms with Gasteiger partial charge in [-0.3, -0.25) is 62.3 Å². The summed E-state index contributed by atoms with van der Waals surface area (Å²) >= 11 is 0. The summed E-state index contributed by atoms with van der Waals surface area (Å²) in [6.45, 7) is 2.18. The van der Waals surface area contributed by atoms with E-state index in [1.807, 2.05) is 0 Å². The summed E-state index contributed by atoms with van der Waals surface area (Å²) in [6, 6.07) is 1.86. The Morgan fingerprint density at radius 1 is 0.468 bits per heavy atom. The van der Waals surface area contributed by atoms with E-state index < -0.39 is 176 Å². The molecule has 77 heavy (non-hydrogen) atoms. The number of primary amides is 4. The predicted molar refractivity (Wildman–Crippen MR) is 267 cm³/mol. The van der Waals surface area contributed by atoms with Crippen molar-refractivity contribution < 1.29 is 83.1 Å². The van der Waals surface area contributed by atoms with Crippen LogP contribution in [0.15, 0.2) is 60.7 Å². The molecular weight excluding hydrogens is 1010 g/mol. The molecular formula is C48H68N13O16+. The van der Waals surface area contributed by atoms with Crippen molar-refractivity contribution in [1.29, 1.82) is 0 Å². The van der Waals surface area contributed by atoms with Crippen LogP contribution < -0.4 is 71.2 Å². The van der Waals surface area contributed by atoms with E-state index in [2.05, 4.69) is 48.3 Å². The fourth-order valence-electron chi connectivity index (χ4n) is 7.07. The van der Waals surface area contributed by atoms with E-state index in [9.17, 15) is 72.2 Å². The number of nitrogens with two attached hydrogens (primary N) is 4. The van der Waals surface area contributed by atoms with Crippen molar-refractivity contribution in [1.82, 2.24) is 42.5 Å². The minimum Gasteiger partial charge on any atom is -0.481 e. The normalized spacial score (nSPS) is 14.4. The number of aliphatic carboxylic acids is 1. The molecule has 29 nitrogen and oxygen atoms in total. The number of nitrogens with one attached hydrogen (secondary N) is 8. The highest BCUT2D eigenvalue weighted by atomic mass is 16.4. The molecule has 420 valence electrons. The molecule has 0 bridgehead atoms. The molecule has 2 rings (SSSR count). The molecule has 0 heterocycles. The Kier molecular flexibility index (Phi) is 27.1. The third-order valence-electron chi connectivity index (χ3n) is 11.3. The van der Waals surface area contributed by atoms with Crippen molar-refractivity contribution in [3.05, 3.63) is 71.8 Å². The van der Waals surface area contributed by atoms with Gasteiger partial charge in [-0.25, -0.2) is 0 Å². The lowest BCUT2D eigenvalue weighted by Crippen LogP contribution is -2.69. The van der Waals surface area contributed by atoms with Crippen LogP contribution in [0.4, 0.5) is 0 Å². The van der Waals surface area contributed by atoms with Gasteiger partial charge in [0.05, 0.1) is 38.3 Å². The van der Waals surface area contributed by atoms with Crippen molar-refractivity contribution in [2.24, 2.45) is 28.9 Å². The average molecular weight is 1080 g/mol. The Balaban J connectivity index is 2.40. The summed E-state index contributed by atoms with van der Waals surface area (Å²) < 4.78 is 0. The molecule has 29 heteroatoms. The largest absolute Gasteiger partial charge is 0.481 e. The number of hydrogen-bond donors (Lipinski definition) is 15. The molecule has 0 fully saturated rings. The second kappa shape index (κ2) is 32.4. The summed E-state index contributed by atoms with van der Waals surface area (Å²) in [6.07, 6.45) is -4.57. The van der Waals surface area contributed by atoms with Crippen LogP contribution in [0, 0.1) is 5.92 Å². The van der Waals surface area contributed by atoms with Gasteiger partial charge in [-0.2, -0.15) is 0 Å². The van der Waals surface area contributed by atoms with Gasteiger partial charge in [-0.05, 0) is 23.5 Å². The second-order valence-electron chi connectivity index (χ2n) is 18.1. The number of carbonyl (C=O) groups excluding carboxylic acids is 13. The molecule has 12 amide bonds. The number of aliphatic hydroxyl groups is 1. The van der Waals surface area contributed by atoms with Crippen molar-refractivity contribution in [2.75, 3.05) is 6.61 Å². The summed E-state index contributed by atoms with van der Waals surface area (Å²) in [5.74, 6) is -15.3. The van der Waals surface area contributed by atoms with Crippen LogP contribution in [-0.2, 0) is 80.0 Å². The van der Waals surface area contributed by atoms with E-state index in [1.54, 1.807) is 74.5 Å². The minimum atomic E-state index is -2.01. The number of carbonyl (C=O) groups is 14. The first kappa shape index (κ1) is 64.3. The van der Waals surface area contributed by atoms with E-state index in [0.29, 0.717) is 17.4 Å². The SMILES string of the molecule is CC(C)[C@@H](C=O)NC(=O)[C@H](Cc1ccccc1)NC(=O)[C@H](CC(N)=O)NC(=O)[C@H](CC(N)=O)NC(=O)[C@H](CCC(N)=O)NC(=O)[C@H](CC(N)=O)NC(=O)[C@H](CO)NC(=O)[C@H](Cc1ccccc1)NC(=O)[C@@H]([NH3+])CCC(=O)O. The number of aliphatic hydroxyl groups excluding tert-OH is 1. The number of aldehydes is 1. The first-order valence-corrected chi connectivity index (χ1v) is 24.0. The second-order valence-corrected chi connectivity index (χ2v) is 18.1. The molecule has 21 N–H and O–H groups in total. The molecule has 0 unspecified atom stereocenters. The van der Waals surface area contributed by atoms with Gasteiger partial charge < -0.3 is 86.2 Å². The standard InChI is InChI=1S/C48H67N13O16/c1-24(2)34(22-62)60-43(72)30(18-26-11-7-4-8-12-26)56-46(75)33(21-39(53)67)58-47(76)32(20-38(52)66)57-42(71)28(14-15-36(50)64)54-45(74)31(19-37(51)65)59-48(77)35(23-63)61-44(73)29(17-25-9-5-3-6-10-25)55-41(70)27(49)13-16-40(68)69/h3-12,22,24,27-35,63H,13-21,23,49H2,1-2H3,(H2,50,64)(H2,51,65)(H2,52,66)(H2,53,67)(H,54,74)(H,55,70)(H,56,75)(H,57,71)(H,58,76)(H,59,77)(H,60,72)(H,61,73)(H,68,69)/p+1/t27-,28-,29-,30-,31-,32-,33-,34+,35-/m0/s1. The van der Waals surface area contributed by atoms with Crippen molar-refractivity contribution >= 4 is 83.1 Å². The molecule has 0 saturated carbocycles. The number of quaternary nitrogens is 1. The number of amides is 12. The van der Waals surface area contributed by atoms with Gasteiger partial charge >= 0.3 is 5.97 Å². The van der Waals surface area contributed by atoms with Gasteiger partial charge in [0.25, 0.3) is 5.91 Å². The quantitative estimate of drug-likeness (QED) is 0.0285. The number of benzene rings is 2. The van der Waals surface area contributed by atoms with Crippen LogP contribution in [-0.4, -0.2) is 154 Å². The molecule has 0 saturated heterocycles. The maximum Gasteiger partial charge on any atom is 0.303 e. The Morgan fingerprint density at radius 2 is 0.805 bits per heavy atom. The highest BCUT2D eigenvalue weighted by Gasteiger charge is 2.36. The van der Waals surface area contributed by atoms with Crippen molar-refractivity contribution in [2.45, 2.75) is 126 Å². The lowest BCUT2D eigenvalue weighted by atomic mass is 10.0. The number of carboxylic acids is 1. The van der Waals surface area contributed by atoms with Crippen LogP contribution in [0.3, 0.4) is 0 Å². The van der Waals surface area contributed by atoms with E-state index in [0.717, 1.165) is 0 Å². The number of hydrogen-bond acceptors (Lipinski definition) is 15. The minimum absolute atomic E-state index is 0.144. The van der Waals surface area contributed by atoms with Gasteiger partial charge in [0.1, 0.15) is 48.6 Å². The molecule has 9 atom stereocenters. The lowest BCUT2D eigenvalue weighted by molar-refractivity contribution is -0.405. The Hall–Kier alpha value is -8.86. The average Bonchev–Trinajstić information content (AvgIpc) is 3.36. The smallest absolute Gasteiger partial charge is 0.303 e. The molecule has 0 radical (unpaired) electrons. The molecule has 0 spiro atoms. The molecule has 2 aromatic carbocycles. The van der Waals surface area contributed by atoms with E-state index in [-0.39, 0.29) is 25.2 Å². The highest BCUT2D eigenvalue weighted by molar-refractivity contribution is 6.00. The van der Waals surface area contributed by atoms with Crippen LogP contribution in [0.5, 0.6) is 0 Å². The highest BCUT2D eigenvalue weighted by Crippen LogP contribution is 2.10. The van der Waals surface area contributed by atoms with Gasteiger partial charge in [0, 0.05) is 25.7 Å². The molecule has 0 aliphatic heterocycles. The Labute approximate surface area is 441 Å². The summed E-state index contributed by atoms with van der Waals surface area (Å²) in [7, 11) is 0. The van der Waals surface area contributed by atoms with Crippen LogP contribution in [0.1, 0.15) is 69.9 Å². The van der Waals surface area contributed by atoms with Crippen molar-refractivity contribution in [3.63, 3.8) is 0 Å². The third-order valence-corrected chi connectivity index (χ3v) is 11.3. The Bertz CT molecular complexity index is 2450. The van der Waals surface area contributed by atoms with Crippen molar-refractivity contribution in [3.8, 4) is 0 Å². The molecule has 0 aliphatic rings. The number of rotatable bonds is 35. The first-order valence-electron chi connectivity index (χ1n) is 24.0. The monoisotopic (exact) mass is 1080 g/mol. The molecule has 0 aromatic heterocycles. The van der Waals surface area contributed by atoms with Gasteiger partial charge in [-0.1, -0.05) is 74.5 Å². The number of carboxylic acid groups (broad SMARTS) is 1. The van der Waals surface area contributed by atoms with Gasteiger partial charge in [-0.15, -0.1) is 0 Å². The fourth-order valence-corrected chi connectivity index (χ4v) is 7.07. The van der Waals surface area contributed by atoms with E-state index in [1.165, 1.54) is 0 Å². The van der Waals surface area contributed by atoms with Crippen LogP contribution in [0.25, 0.3) is 0 Å². The topological polar surface area (TPSA) is 507 Å². The predicted octanol–water partition coefficient (Wildman–Crippen LogP) is -7.44. The zero-order valence-electron chi connectivity index (χ0n) is 42.3. The van der Waals surface area contributed by atoms with Crippen LogP contribution in [0.2, 0.25) is 0 Å². The van der Waals surface area contributed by atoms with E-state index >= 15 is 0 Å². The molecule has 2 aromatic rings.